The first-order chi connectivity index (χ1) is 10.9. The van der Waals surface area contributed by atoms with Gasteiger partial charge < -0.3 is 9.80 Å². The number of carbonyl (C=O) groups excluding carboxylic acids is 2. The maximum atomic E-state index is 12.5. The molecule has 0 aromatic carbocycles. The van der Waals surface area contributed by atoms with E-state index in [9.17, 15) is 9.59 Å². The molecule has 8 heteroatoms. The highest BCUT2D eigenvalue weighted by molar-refractivity contribution is 5.81. The fourth-order valence-electron chi connectivity index (χ4n) is 2.84. The minimum absolute atomic E-state index is 0.00122. The van der Waals surface area contributed by atoms with Crippen molar-refractivity contribution in [2.45, 2.75) is 45.6 Å². The van der Waals surface area contributed by atoms with E-state index in [1.54, 1.807) is 9.58 Å². The van der Waals surface area contributed by atoms with E-state index in [4.69, 9.17) is 0 Å². The summed E-state index contributed by atoms with van der Waals surface area (Å²) < 4.78 is 1.57. The number of nitrogens with zero attached hydrogens (tertiary/aromatic N) is 6. The van der Waals surface area contributed by atoms with E-state index in [0.717, 1.165) is 12.8 Å². The Balaban J connectivity index is 1.56. The molecule has 0 radical (unpaired) electrons. The van der Waals surface area contributed by atoms with Gasteiger partial charge in [0, 0.05) is 37.5 Å². The van der Waals surface area contributed by atoms with E-state index in [1.807, 2.05) is 25.7 Å². The molecule has 1 aromatic rings. The standard InChI is InChI=1S/C15H24N6O2/c1-15(2,3)14-16-17-18-21(14)10-12(22)19-6-8-20(9-7-19)13(23)11-4-5-11/h11H,4-10H2,1-3H3. The molecule has 1 aromatic heterocycles. The normalized spacial score (nSPS) is 19.1. The SMILES string of the molecule is CC(C)(C)c1nnnn1CC(=O)N1CCN(C(=O)C2CC2)CC1. The fraction of sp³-hybridized carbons (Fsp3) is 0.800. The van der Waals surface area contributed by atoms with Gasteiger partial charge in [-0.3, -0.25) is 9.59 Å². The lowest BCUT2D eigenvalue weighted by molar-refractivity contribution is -0.140. The molecule has 1 aliphatic carbocycles. The van der Waals surface area contributed by atoms with Gasteiger partial charge in [0.25, 0.3) is 0 Å². The van der Waals surface area contributed by atoms with Crippen LogP contribution in [0.15, 0.2) is 0 Å². The lowest BCUT2D eigenvalue weighted by Crippen LogP contribution is -2.51. The predicted molar refractivity (Wildman–Crippen MR) is 82.4 cm³/mol. The van der Waals surface area contributed by atoms with E-state index >= 15 is 0 Å². The second-order valence-electron chi connectivity index (χ2n) is 7.39. The molecule has 0 unspecified atom stereocenters. The van der Waals surface area contributed by atoms with Gasteiger partial charge in [0.15, 0.2) is 5.82 Å². The summed E-state index contributed by atoms with van der Waals surface area (Å²) >= 11 is 0. The van der Waals surface area contributed by atoms with E-state index < -0.39 is 0 Å². The number of piperazine rings is 1. The van der Waals surface area contributed by atoms with Crippen LogP contribution >= 0.6 is 0 Å². The Labute approximate surface area is 135 Å². The smallest absolute Gasteiger partial charge is 0.244 e. The number of carbonyl (C=O) groups is 2. The van der Waals surface area contributed by atoms with Crippen LogP contribution in [0.2, 0.25) is 0 Å². The molecular weight excluding hydrogens is 296 g/mol. The van der Waals surface area contributed by atoms with Gasteiger partial charge in [-0.15, -0.1) is 5.10 Å². The molecule has 2 fully saturated rings. The van der Waals surface area contributed by atoms with Crippen molar-refractivity contribution in [2.75, 3.05) is 26.2 Å². The van der Waals surface area contributed by atoms with Crippen LogP contribution in [-0.2, 0) is 21.5 Å². The average Bonchev–Trinajstić information content (AvgIpc) is 3.25. The quantitative estimate of drug-likeness (QED) is 0.786. The van der Waals surface area contributed by atoms with Crippen LogP contribution in [0.25, 0.3) is 0 Å². The lowest BCUT2D eigenvalue weighted by Gasteiger charge is -2.35. The number of tetrazole rings is 1. The van der Waals surface area contributed by atoms with Gasteiger partial charge in [-0.05, 0) is 23.3 Å². The zero-order chi connectivity index (χ0) is 16.6. The van der Waals surface area contributed by atoms with Crippen molar-refractivity contribution in [1.29, 1.82) is 0 Å². The minimum atomic E-state index is -0.209. The Kier molecular flexibility index (Phi) is 4.08. The molecule has 3 rings (SSSR count). The maximum absolute atomic E-state index is 12.5. The molecule has 0 bridgehead atoms. The van der Waals surface area contributed by atoms with Crippen molar-refractivity contribution in [3.63, 3.8) is 0 Å². The lowest BCUT2D eigenvalue weighted by atomic mass is 9.96. The van der Waals surface area contributed by atoms with Crippen LogP contribution in [0.4, 0.5) is 0 Å². The zero-order valence-corrected chi connectivity index (χ0v) is 14.0. The molecule has 23 heavy (non-hydrogen) atoms. The highest BCUT2D eigenvalue weighted by Gasteiger charge is 2.35. The Morgan fingerprint density at radius 2 is 1.70 bits per heavy atom. The third kappa shape index (κ3) is 3.51. The van der Waals surface area contributed by atoms with Crippen LogP contribution < -0.4 is 0 Å². The zero-order valence-electron chi connectivity index (χ0n) is 14.0. The summed E-state index contributed by atoms with van der Waals surface area (Å²) in [6, 6.07) is 0. The molecule has 0 N–H and O–H groups in total. The van der Waals surface area contributed by atoms with Gasteiger partial charge in [0.1, 0.15) is 6.54 Å². The first-order valence-corrected chi connectivity index (χ1v) is 8.19. The van der Waals surface area contributed by atoms with Crippen molar-refractivity contribution in [1.82, 2.24) is 30.0 Å². The second-order valence-corrected chi connectivity index (χ2v) is 7.39. The highest BCUT2D eigenvalue weighted by Crippen LogP contribution is 2.31. The Hall–Kier alpha value is -1.99. The Morgan fingerprint density at radius 3 is 2.26 bits per heavy atom. The van der Waals surface area contributed by atoms with Gasteiger partial charge >= 0.3 is 0 Å². The van der Waals surface area contributed by atoms with E-state index in [1.165, 1.54) is 0 Å². The third-order valence-corrected chi connectivity index (χ3v) is 4.36. The maximum Gasteiger partial charge on any atom is 0.244 e. The molecule has 1 saturated carbocycles. The van der Waals surface area contributed by atoms with Gasteiger partial charge in [-0.2, -0.15) is 0 Å². The van der Waals surface area contributed by atoms with E-state index in [-0.39, 0.29) is 29.7 Å². The summed E-state index contributed by atoms with van der Waals surface area (Å²) in [6.45, 7) is 8.63. The van der Waals surface area contributed by atoms with Gasteiger partial charge in [-0.25, -0.2) is 4.68 Å². The molecule has 1 aliphatic heterocycles. The molecular formula is C15H24N6O2. The first kappa shape index (κ1) is 15.9. The second kappa shape index (κ2) is 5.90. The largest absolute Gasteiger partial charge is 0.339 e. The van der Waals surface area contributed by atoms with Crippen LogP contribution in [-0.4, -0.2) is 68.0 Å². The summed E-state index contributed by atoms with van der Waals surface area (Å²) in [5, 5.41) is 11.6. The van der Waals surface area contributed by atoms with Crippen molar-refractivity contribution < 1.29 is 9.59 Å². The number of aromatic nitrogens is 4. The molecule has 2 amide bonds. The Bertz CT molecular complexity index is 593. The summed E-state index contributed by atoms with van der Waals surface area (Å²) in [4.78, 5) is 28.2. The number of hydrogen-bond acceptors (Lipinski definition) is 5. The molecule has 2 aliphatic rings. The molecule has 1 saturated heterocycles. The Morgan fingerprint density at radius 1 is 1.09 bits per heavy atom. The summed E-state index contributed by atoms with van der Waals surface area (Å²) in [5.41, 5.74) is -0.209. The minimum Gasteiger partial charge on any atom is -0.339 e. The van der Waals surface area contributed by atoms with Crippen molar-refractivity contribution in [3.8, 4) is 0 Å². The number of amides is 2. The van der Waals surface area contributed by atoms with Gasteiger partial charge in [-0.1, -0.05) is 20.8 Å². The monoisotopic (exact) mass is 320 g/mol. The first-order valence-electron chi connectivity index (χ1n) is 8.19. The van der Waals surface area contributed by atoms with Gasteiger partial charge in [0.2, 0.25) is 11.8 Å². The van der Waals surface area contributed by atoms with E-state index in [2.05, 4.69) is 15.5 Å². The van der Waals surface area contributed by atoms with Crippen molar-refractivity contribution >= 4 is 11.8 Å². The average molecular weight is 320 g/mol. The predicted octanol–water partition coefficient (Wildman–Crippen LogP) is 0.0514. The third-order valence-electron chi connectivity index (χ3n) is 4.36. The van der Waals surface area contributed by atoms with Crippen LogP contribution in [0.1, 0.15) is 39.4 Å². The summed E-state index contributed by atoms with van der Waals surface area (Å²) in [5.74, 6) is 1.20. The van der Waals surface area contributed by atoms with Crippen molar-refractivity contribution in [3.05, 3.63) is 5.82 Å². The molecule has 0 atom stereocenters. The van der Waals surface area contributed by atoms with Crippen LogP contribution in [0.3, 0.4) is 0 Å². The number of hydrogen-bond donors (Lipinski definition) is 0. The molecule has 126 valence electrons. The fourth-order valence-corrected chi connectivity index (χ4v) is 2.84. The number of rotatable bonds is 3. The van der Waals surface area contributed by atoms with Crippen LogP contribution in [0, 0.1) is 5.92 Å². The van der Waals surface area contributed by atoms with Gasteiger partial charge in [0.05, 0.1) is 0 Å². The topological polar surface area (TPSA) is 84.2 Å². The summed E-state index contributed by atoms with van der Waals surface area (Å²) in [6.07, 6.45) is 2.04. The molecule has 0 spiro atoms. The summed E-state index contributed by atoms with van der Waals surface area (Å²) in [7, 11) is 0. The molecule has 2 heterocycles. The van der Waals surface area contributed by atoms with Crippen molar-refractivity contribution in [2.24, 2.45) is 5.92 Å². The van der Waals surface area contributed by atoms with Crippen LogP contribution in [0.5, 0.6) is 0 Å². The van der Waals surface area contributed by atoms with E-state index in [0.29, 0.717) is 32.0 Å². The highest BCUT2D eigenvalue weighted by atomic mass is 16.2. The molecule has 8 nitrogen and oxygen atoms in total.